The average Bonchev–Trinajstić information content (AvgIpc) is 2.85. The van der Waals surface area contributed by atoms with Crippen LogP contribution in [0.2, 0.25) is 0 Å². The van der Waals surface area contributed by atoms with Gasteiger partial charge in [-0.25, -0.2) is 0 Å². The van der Waals surface area contributed by atoms with Crippen LogP contribution in [-0.4, -0.2) is 17.0 Å². The number of carbonyl (C=O) groups excluding carboxylic acids is 1. The van der Waals surface area contributed by atoms with Crippen molar-refractivity contribution in [2.75, 3.05) is 0 Å². The zero-order valence-electron chi connectivity index (χ0n) is 15.3. The predicted octanol–water partition coefficient (Wildman–Crippen LogP) is 4.68. The number of allylic oxidation sites excluding steroid dienone is 2. The number of aliphatic hydroxyl groups excluding tert-OH is 1. The molecule has 2 heteroatoms. The van der Waals surface area contributed by atoms with Gasteiger partial charge in [0.15, 0.2) is 5.78 Å². The van der Waals surface area contributed by atoms with Crippen LogP contribution in [0.3, 0.4) is 0 Å². The molecule has 0 aromatic carbocycles. The summed E-state index contributed by atoms with van der Waals surface area (Å²) in [6.45, 7) is 8.78. The minimum atomic E-state index is -0.120. The predicted molar refractivity (Wildman–Crippen MR) is 96.4 cm³/mol. The maximum absolute atomic E-state index is 12.0. The maximum Gasteiger partial charge on any atom is 0.155 e. The van der Waals surface area contributed by atoms with Crippen molar-refractivity contribution >= 4 is 5.78 Å². The number of hydrogen-bond donors (Lipinski definition) is 1. The monoisotopic (exact) mass is 328 g/mol. The van der Waals surface area contributed by atoms with Crippen molar-refractivity contribution in [1.29, 1.82) is 0 Å². The molecule has 7 atom stereocenters. The fourth-order valence-corrected chi connectivity index (χ4v) is 7.13. The Morgan fingerprint density at radius 2 is 2.04 bits per heavy atom. The van der Waals surface area contributed by atoms with Gasteiger partial charge in [-0.15, -0.1) is 6.58 Å². The van der Waals surface area contributed by atoms with E-state index in [-0.39, 0.29) is 16.9 Å². The van der Waals surface area contributed by atoms with Crippen LogP contribution in [0.5, 0.6) is 0 Å². The van der Waals surface area contributed by atoms with E-state index in [4.69, 9.17) is 0 Å². The highest BCUT2D eigenvalue weighted by atomic mass is 16.3. The van der Waals surface area contributed by atoms with E-state index < -0.39 is 0 Å². The molecule has 3 fully saturated rings. The van der Waals surface area contributed by atoms with Crippen LogP contribution < -0.4 is 0 Å². The van der Waals surface area contributed by atoms with Crippen LogP contribution >= 0.6 is 0 Å². The van der Waals surface area contributed by atoms with Crippen molar-refractivity contribution < 1.29 is 9.90 Å². The van der Waals surface area contributed by atoms with E-state index >= 15 is 0 Å². The number of fused-ring (bicyclic) bond motifs is 5. The Morgan fingerprint density at radius 1 is 1.25 bits per heavy atom. The highest BCUT2D eigenvalue weighted by Gasteiger charge is 2.60. The van der Waals surface area contributed by atoms with Crippen molar-refractivity contribution in [3.05, 3.63) is 24.3 Å². The van der Waals surface area contributed by atoms with E-state index in [1.54, 1.807) is 0 Å². The summed E-state index contributed by atoms with van der Waals surface area (Å²) in [5.41, 5.74) is 1.75. The molecule has 24 heavy (non-hydrogen) atoms. The summed E-state index contributed by atoms with van der Waals surface area (Å²) < 4.78 is 0. The van der Waals surface area contributed by atoms with Crippen molar-refractivity contribution in [2.45, 2.75) is 71.3 Å². The molecule has 0 radical (unpaired) electrons. The van der Waals surface area contributed by atoms with E-state index in [0.717, 1.165) is 38.5 Å². The molecule has 6 unspecified atom stereocenters. The Balaban J connectivity index is 1.76. The fraction of sp³-hybridized carbons (Fsp3) is 0.773. The highest BCUT2D eigenvalue weighted by Crippen LogP contribution is 2.66. The van der Waals surface area contributed by atoms with Gasteiger partial charge in [0.25, 0.3) is 0 Å². The van der Waals surface area contributed by atoms with Crippen molar-refractivity contribution in [3.8, 4) is 0 Å². The largest absolute Gasteiger partial charge is 0.393 e. The Morgan fingerprint density at radius 3 is 2.79 bits per heavy atom. The number of aliphatic hydroxyl groups is 1. The van der Waals surface area contributed by atoms with Crippen molar-refractivity contribution in [3.63, 3.8) is 0 Å². The van der Waals surface area contributed by atoms with Gasteiger partial charge in [-0.1, -0.05) is 25.5 Å². The van der Waals surface area contributed by atoms with E-state index in [2.05, 4.69) is 26.5 Å². The lowest BCUT2D eigenvalue weighted by Crippen LogP contribution is -2.54. The molecule has 0 spiro atoms. The number of ketones is 1. The topological polar surface area (TPSA) is 37.3 Å². The third-order valence-corrected chi connectivity index (χ3v) is 8.56. The normalized spacial score (nSPS) is 50.5. The van der Waals surface area contributed by atoms with Crippen LogP contribution in [-0.2, 0) is 4.79 Å². The third-order valence-electron chi connectivity index (χ3n) is 8.56. The zero-order chi connectivity index (χ0) is 17.1. The summed E-state index contributed by atoms with van der Waals surface area (Å²) in [6, 6.07) is 0. The molecule has 4 rings (SSSR count). The molecule has 4 aliphatic rings. The van der Waals surface area contributed by atoms with E-state index in [1.165, 1.54) is 18.4 Å². The van der Waals surface area contributed by atoms with Crippen LogP contribution in [0.15, 0.2) is 24.3 Å². The van der Waals surface area contributed by atoms with Gasteiger partial charge in [-0.3, -0.25) is 4.79 Å². The molecule has 0 heterocycles. The highest BCUT2D eigenvalue weighted by molar-refractivity contribution is 5.91. The molecule has 132 valence electrons. The first-order valence-corrected chi connectivity index (χ1v) is 9.93. The molecule has 0 aromatic rings. The minimum Gasteiger partial charge on any atom is -0.393 e. The second-order valence-corrected chi connectivity index (χ2v) is 9.47. The Kier molecular flexibility index (Phi) is 3.84. The summed E-state index contributed by atoms with van der Waals surface area (Å²) >= 11 is 0. The van der Waals surface area contributed by atoms with Gasteiger partial charge in [0.2, 0.25) is 0 Å². The van der Waals surface area contributed by atoms with E-state index in [9.17, 15) is 9.90 Å². The molecule has 1 N–H and O–H groups in total. The number of rotatable bonds is 2. The molecule has 2 nitrogen and oxygen atoms in total. The minimum absolute atomic E-state index is 0.114. The number of carbonyl (C=O) groups is 1. The van der Waals surface area contributed by atoms with Gasteiger partial charge in [0.1, 0.15) is 0 Å². The third kappa shape index (κ3) is 2.14. The molecule has 0 aliphatic heterocycles. The van der Waals surface area contributed by atoms with E-state index in [0.29, 0.717) is 29.5 Å². The lowest BCUT2D eigenvalue weighted by atomic mass is 9.44. The van der Waals surface area contributed by atoms with Crippen LogP contribution in [0.4, 0.5) is 0 Å². The molecule has 0 amide bonds. The molecule has 0 aromatic heterocycles. The Hall–Kier alpha value is -0.890. The van der Waals surface area contributed by atoms with Crippen molar-refractivity contribution in [2.24, 2.45) is 34.5 Å². The van der Waals surface area contributed by atoms with Crippen LogP contribution in [0, 0.1) is 34.5 Å². The standard InChI is InChI=1S/C22H32O2/c1-4-5-14-12-15-13-16(23)8-10-21(15,2)18-9-11-22(3)17(20(14)18)6-7-19(22)24/h4,13-14,17-20,24H,1,5-12H2,2-3H3/t14-,17?,18?,19?,20?,21?,22?/m1/s1. The molecular weight excluding hydrogens is 296 g/mol. The lowest BCUT2D eigenvalue weighted by Gasteiger charge is -2.60. The maximum atomic E-state index is 12.0. The quantitative estimate of drug-likeness (QED) is 0.747. The van der Waals surface area contributed by atoms with E-state index in [1.807, 2.05) is 6.08 Å². The molecule has 0 saturated heterocycles. The zero-order valence-corrected chi connectivity index (χ0v) is 15.3. The average molecular weight is 328 g/mol. The Labute approximate surface area is 146 Å². The first-order chi connectivity index (χ1) is 11.4. The molecule has 4 aliphatic carbocycles. The number of hydrogen-bond acceptors (Lipinski definition) is 2. The summed E-state index contributed by atoms with van der Waals surface area (Å²) in [7, 11) is 0. The second-order valence-electron chi connectivity index (χ2n) is 9.47. The molecule has 3 saturated carbocycles. The summed E-state index contributed by atoms with van der Waals surface area (Å²) in [6.07, 6.45) is 12.3. The smallest absolute Gasteiger partial charge is 0.155 e. The molecular formula is C22H32O2. The SMILES string of the molecule is C=CC[C@@H]1CC2=CC(=O)CCC2(C)C2CCC3(C)C(O)CCC3C21. The van der Waals surface area contributed by atoms with Crippen LogP contribution in [0.1, 0.15) is 65.2 Å². The fourth-order valence-electron chi connectivity index (χ4n) is 7.13. The van der Waals surface area contributed by atoms with Gasteiger partial charge in [0.05, 0.1) is 6.10 Å². The lowest BCUT2D eigenvalue weighted by molar-refractivity contribution is -0.119. The summed E-state index contributed by atoms with van der Waals surface area (Å²) in [5, 5.41) is 10.6. The van der Waals surface area contributed by atoms with Crippen LogP contribution in [0.25, 0.3) is 0 Å². The first kappa shape index (κ1) is 16.6. The Bertz CT molecular complexity index is 591. The van der Waals surface area contributed by atoms with Gasteiger partial charge >= 0.3 is 0 Å². The van der Waals surface area contributed by atoms with Gasteiger partial charge in [-0.2, -0.15) is 0 Å². The second kappa shape index (κ2) is 5.56. The van der Waals surface area contributed by atoms with Crippen molar-refractivity contribution in [1.82, 2.24) is 0 Å². The van der Waals surface area contributed by atoms with Gasteiger partial charge < -0.3 is 5.11 Å². The van der Waals surface area contributed by atoms with Gasteiger partial charge in [-0.05, 0) is 85.5 Å². The first-order valence-electron chi connectivity index (χ1n) is 9.93. The molecule has 0 bridgehead atoms. The summed E-state index contributed by atoms with van der Waals surface area (Å²) in [4.78, 5) is 12.0. The van der Waals surface area contributed by atoms with Gasteiger partial charge in [0, 0.05) is 6.42 Å². The summed E-state index contributed by atoms with van der Waals surface area (Å²) in [5.74, 6) is 2.95.